The van der Waals surface area contributed by atoms with E-state index in [0.29, 0.717) is 11.1 Å². The molecule has 0 spiro atoms. The van der Waals surface area contributed by atoms with Crippen molar-refractivity contribution >= 4 is 0 Å². The van der Waals surface area contributed by atoms with Crippen LogP contribution >= 0.6 is 0 Å². The lowest BCUT2D eigenvalue weighted by molar-refractivity contribution is -0.310. The fourth-order valence-electron chi connectivity index (χ4n) is 3.87. The molecule has 0 amide bonds. The molecule has 0 bridgehead atoms. The summed E-state index contributed by atoms with van der Waals surface area (Å²) in [4.78, 5) is 0. The van der Waals surface area contributed by atoms with E-state index in [1.807, 2.05) is 0 Å². The number of aliphatic hydroxyl groups is 3. The number of hydrogen-bond acceptors (Lipinski definition) is 10. The van der Waals surface area contributed by atoms with Crippen LogP contribution in [0, 0.1) is 0 Å². The fraction of sp³-hybridized carbons (Fsp3) is 0.429. The highest BCUT2D eigenvalue weighted by atomic mass is 16.7. The zero-order chi connectivity index (χ0) is 22.4. The Balaban J connectivity index is 1.69. The van der Waals surface area contributed by atoms with Gasteiger partial charge in [-0.05, 0) is 24.6 Å². The van der Waals surface area contributed by atoms with Crippen molar-refractivity contribution in [3.63, 3.8) is 0 Å². The second-order valence-electron chi connectivity index (χ2n) is 7.79. The van der Waals surface area contributed by atoms with E-state index >= 15 is 0 Å². The Labute approximate surface area is 177 Å². The summed E-state index contributed by atoms with van der Waals surface area (Å²) in [6.07, 6.45) is -8.15. The molecule has 2 aromatic carbocycles. The maximum atomic E-state index is 10.3. The average molecular weight is 436 g/mol. The molecule has 7 N–H and O–H groups in total. The molecule has 31 heavy (non-hydrogen) atoms. The molecule has 2 aliphatic heterocycles. The Morgan fingerprint density at radius 3 is 2.32 bits per heavy atom. The topological polar surface area (TPSA) is 169 Å². The van der Waals surface area contributed by atoms with Gasteiger partial charge in [0, 0.05) is 24.1 Å². The second-order valence-corrected chi connectivity index (χ2v) is 7.79. The van der Waals surface area contributed by atoms with Gasteiger partial charge in [-0.15, -0.1) is 0 Å². The van der Waals surface area contributed by atoms with Gasteiger partial charge in [-0.2, -0.15) is 0 Å². The molecule has 1 saturated heterocycles. The van der Waals surface area contributed by atoms with Crippen molar-refractivity contribution in [1.29, 1.82) is 0 Å². The Morgan fingerprint density at radius 1 is 0.871 bits per heavy atom. The molecule has 0 unspecified atom stereocenters. The van der Waals surface area contributed by atoms with Crippen LogP contribution in [0.3, 0.4) is 0 Å². The fourth-order valence-corrected chi connectivity index (χ4v) is 3.87. The summed E-state index contributed by atoms with van der Waals surface area (Å²) < 4.78 is 17.4. The van der Waals surface area contributed by atoms with E-state index in [4.69, 9.17) is 14.2 Å². The van der Waals surface area contributed by atoms with Gasteiger partial charge < -0.3 is 50.0 Å². The first kappa shape index (κ1) is 21.5. The number of hydrogen-bond donors (Lipinski definition) is 7. The van der Waals surface area contributed by atoms with Crippen LogP contribution < -0.4 is 4.74 Å². The summed E-state index contributed by atoms with van der Waals surface area (Å²) in [5.74, 6) is -0.941. The van der Waals surface area contributed by atoms with Gasteiger partial charge in [0.2, 0.25) is 0 Å². The number of aliphatic hydroxyl groups excluding tert-OH is 3. The highest BCUT2D eigenvalue weighted by molar-refractivity contribution is 5.52. The quantitative estimate of drug-likeness (QED) is 0.334. The van der Waals surface area contributed by atoms with Crippen molar-refractivity contribution in [3.8, 4) is 28.7 Å². The molecule has 2 heterocycles. The summed E-state index contributed by atoms with van der Waals surface area (Å²) >= 11 is 0. The summed E-state index contributed by atoms with van der Waals surface area (Å²) in [5, 5.41) is 69.9. The zero-order valence-corrected chi connectivity index (χ0v) is 16.5. The number of fused-ring (bicyclic) bond motifs is 1. The SMILES string of the molecule is C[C@@H]1O[C@@H](O[C@H]2Cc3c(O)cc(O)cc3O[C@@H]2c2ccc(O)c(O)c2)[C@@H](O)[C@H](O)[C@H]1O. The first-order valence-corrected chi connectivity index (χ1v) is 9.74. The lowest BCUT2D eigenvalue weighted by Crippen LogP contribution is -2.58. The molecule has 0 radical (unpaired) electrons. The maximum Gasteiger partial charge on any atom is 0.187 e. The number of aromatic hydroxyl groups is 4. The molecule has 1 fully saturated rings. The molecule has 2 aliphatic rings. The molecule has 10 heteroatoms. The van der Waals surface area contributed by atoms with E-state index in [0.717, 1.165) is 6.07 Å². The van der Waals surface area contributed by atoms with Crippen LogP contribution in [0.25, 0.3) is 0 Å². The number of rotatable bonds is 3. The van der Waals surface area contributed by atoms with Gasteiger partial charge >= 0.3 is 0 Å². The normalized spacial score (nSPS) is 32.8. The number of benzene rings is 2. The summed E-state index contributed by atoms with van der Waals surface area (Å²) in [7, 11) is 0. The van der Waals surface area contributed by atoms with Crippen molar-refractivity contribution in [3.05, 3.63) is 41.5 Å². The highest BCUT2D eigenvalue weighted by Crippen LogP contribution is 2.44. The molecule has 0 saturated carbocycles. The van der Waals surface area contributed by atoms with Crippen LogP contribution in [0.15, 0.2) is 30.3 Å². The van der Waals surface area contributed by atoms with Crippen molar-refractivity contribution in [2.75, 3.05) is 0 Å². The van der Waals surface area contributed by atoms with Gasteiger partial charge in [0.25, 0.3) is 0 Å². The van der Waals surface area contributed by atoms with Crippen molar-refractivity contribution in [2.45, 2.75) is 56.3 Å². The van der Waals surface area contributed by atoms with E-state index in [9.17, 15) is 35.7 Å². The van der Waals surface area contributed by atoms with Crippen molar-refractivity contribution in [2.24, 2.45) is 0 Å². The molecule has 7 atom stereocenters. The van der Waals surface area contributed by atoms with Crippen molar-refractivity contribution in [1.82, 2.24) is 0 Å². The number of phenolic OH excluding ortho intramolecular Hbond substituents is 4. The Kier molecular flexibility index (Phi) is 5.58. The molecule has 0 aromatic heterocycles. The van der Waals surface area contributed by atoms with Crippen LogP contribution in [0.1, 0.15) is 24.2 Å². The standard InChI is InChI=1S/C21H24O10/c1-8-17(26)18(27)19(28)21(29-8)31-16-7-11-13(24)5-10(22)6-15(11)30-20(16)9-2-3-12(23)14(25)4-9/h2-6,8,16-28H,7H2,1H3/t8-,16-,17-,18+,19-,20+,21-/m0/s1. The van der Waals surface area contributed by atoms with Gasteiger partial charge in [0.1, 0.15) is 41.7 Å². The summed E-state index contributed by atoms with van der Waals surface area (Å²) in [6.45, 7) is 1.52. The summed E-state index contributed by atoms with van der Waals surface area (Å²) in [6, 6.07) is 6.54. The predicted octanol–water partition coefficient (Wildman–Crippen LogP) is 0.398. The molecule has 10 nitrogen and oxygen atoms in total. The minimum absolute atomic E-state index is 0.0767. The molecule has 2 aromatic rings. The maximum absolute atomic E-state index is 10.3. The van der Waals surface area contributed by atoms with E-state index in [-0.39, 0.29) is 35.2 Å². The largest absolute Gasteiger partial charge is 0.508 e. The third-order valence-corrected chi connectivity index (χ3v) is 5.61. The minimum Gasteiger partial charge on any atom is -0.508 e. The average Bonchev–Trinajstić information content (AvgIpc) is 2.72. The second kappa shape index (κ2) is 8.06. The molecule has 168 valence electrons. The lowest BCUT2D eigenvalue weighted by atomic mass is 9.93. The van der Waals surface area contributed by atoms with E-state index in [1.54, 1.807) is 0 Å². The predicted molar refractivity (Wildman–Crippen MR) is 104 cm³/mol. The van der Waals surface area contributed by atoms with Gasteiger partial charge in [-0.1, -0.05) is 6.07 Å². The smallest absolute Gasteiger partial charge is 0.187 e. The van der Waals surface area contributed by atoms with Crippen LogP contribution in [-0.4, -0.2) is 72.6 Å². The monoisotopic (exact) mass is 436 g/mol. The van der Waals surface area contributed by atoms with E-state index < -0.39 is 42.9 Å². The van der Waals surface area contributed by atoms with Gasteiger partial charge in [0.05, 0.1) is 6.10 Å². The Bertz CT molecular complexity index is 963. The molecular weight excluding hydrogens is 412 g/mol. The zero-order valence-electron chi connectivity index (χ0n) is 16.5. The van der Waals surface area contributed by atoms with E-state index in [2.05, 4.69) is 0 Å². The van der Waals surface area contributed by atoms with Crippen LogP contribution in [0.4, 0.5) is 0 Å². The minimum atomic E-state index is -1.55. The van der Waals surface area contributed by atoms with Crippen LogP contribution in [0.2, 0.25) is 0 Å². The van der Waals surface area contributed by atoms with Gasteiger partial charge in [-0.25, -0.2) is 0 Å². The van der Waals surface area contributed by atoms with Crippen molar-refractivity contribution < 1.29 is 50.0 Å². The van der Waals surface area contributed by atoms with Gasteiger partial charge in [0.15, 0.2) is 23.9 Å². The Morgan fingerprint density at radius 2 is 1.61 bits per heavy atom. The third-order valence-electron chi connectivity index (χ3n) is 5.61. The highest BCUT2D eigenvalue weighted by Gasteiger charge is 2.45. The molecular formula is C21H24O10. The number of ether oxygens (including phenoxy) is 3. The lowest BCUT2D eigenvalue weighted by Gasteiger charge is -2.42. The first-order chi connectivity index (χ1) is 14.7. The Hall–Kier alpha value is -2.76. The first-order valence-electron chi connectivity index (χ1n) is 9.74. The van der Waals surface area contributed by atoms with E-state index in [1.165, 1.54) is 31.2 Å². The van der Waals surface area contributed by atoms with Crippen LogP contribution in [0.5, 0.6) is 28.7 Å². The van der Waals surface area contributed by atoms with Gasteiger partial charge in [-0.3, -0.25) is 0 Å². The molecule has 0 aliphatic carbocycles. The summed E-state index contributed by atoms with van der Waals surface area (Å²) in [5.41, 5.74) is 0.758. The van der Waals surface area contributed by atoms with Crippen LogP contribution in [-0.2, 0) is 15.9 Å². The third kappa shape index (κ3) is 3.95. The molecule has 4 rings (SSSR count). The number of phenols is 4.